The SMILES string of the molecule is CC[C@H](C)[C@H](N)C(=O)N[C@H](C(=O)NCC(=O)NCC(=O)N[C@@H](Cc1ccc(O)cc1)C(=O)N[C@@H](CCC(=O)O)C(=O)N[C@@H](CS)C(=O)N[C@H](C(=O)N1CCC[C@H]1C(=O)N[C@@H](Cc1ccc(O)cc1)C(=O)N[C@@H](CO)C(=O)N[C@@H](CCC(N)=O)C(=O)O)[C@@H](C)O)C(C)C. The highest BCUT2D eigenvalue weighted by molar-refractivity contribution is 7.80. The van der Waals surface area contributed by atoms with Gasteiger partial charge in [-0.1, -0.05) is 58.4 Å². The first-order valence-electron chi connectivity index (χ1n) is 29.5. The highest BCUT2D eigenvalue weighted by atomic mass is 32.1. The molecule has 2 aromatic carbocycles. The third-order valence-electron chi connectivity index (χ3n) is 14.8. The molecule has 12 atom stereocenters. The number of likely N-dealkylation sites (tertiary alicyclic amines) is 1. The van der Waals surface area contributed by atoms with Gasteiger partial charge in [-0.3, -0.25) is 62.3 Å². The lowest BCUT2D eigenvalue weighted by molar-refractivity contribution is -0.144. The smallest absolute Gasteiger partial charge is 0.326 e. The van der Waals surface area contributed by atoms with Crippen LogP contribution >= 0.6 is 12.6 Å². The number of aliphatic hydroxyl groups excluding tert-OH is 2. The van der Waals surface area contributed by atoms with E-state index in [0.717, 1.165) is 11.8 Å². The van der Waals surface area contributed by atoms with E-state index in [1.165, 1.54) is 48.5 Å². The van der Waals surface area contributed by atoms with E-state index in [-0.39, 0.29) is 49.6 Å². The number of benzene rings is 2. The van der Waals surface area contributed by atoms with E-state index in [9.17, 15) is 97.8 Å². The fraction of sp³-hybridized carbons (Fsp3) is 0.552. The molecule has 3 rings (SSSR count). The number of nitrogens with zero attached hydrogens (tertiary/aromatic N) is 1. The van der Waals surface area contributed by atoms with Crippen LogP contribution in [0.15, 0.2) is 48.5 Å². The minimum absolute atomic E-state index is 0.0244. The molecule has 0 radical (unpaired) electrons. The zero-order chi connectivity index (χ0) is 69.1. The molecule has 20 N–H and O–H groups in total. The molecule has 12 amide bonds. The summed E-state index contributed by atoms with van der Waals surface area (Å²) in [6.45, 7) is 5.49. The molecule has 1 saturated heterocycles. The van der Waals surface area contributed by atoms with Crippen molar-refractivity contribution >= 4 is 95.5 Å². The Balaban J connectivity index is 1.79. The lowest BCUT2D eigenvalue weighted by atomic mass is 9.97. The second-order valence-electron chi connectivity index (χ2n) is 22.4. The predicted octanol–water partition coefficient (Wildman–Crippen LogP) is -5.47. The Morgan fingerprint density at radius 3 is 1.57 bits per heavy atom. The van der Waals surface area contributed by atoms with Crippen molar-refractivity contribution in [3.8, 4) is 11.5 Å². The number of phenolic OH excluding ortho intramolecular Hbond substituents is 2. The molecule has 2 aromatic rings. The van der Waals surface area contributed by atoms with E-state index in [1.54, 1.807) is 20.8 Å². The molecule has 1 fully saturated rings. The maximum atomic E-state index is 14.3. The normalized spacial score (nSPS) is 16.3. The number of amides is 12. The van der Waals surface area contributed by atoms with Crippen LogP contribution in [0.5, 0.6) is 11.5 Å². The van der Waals surface area contributed by atoms with E-state index in [4.69, 9.17) is 11.5 Å². The third kappa shape index (κ3) is 25.3. The van der Waals surface area contributed by atoms with Crippen molar-refractivity contribution in [3.05, 3.63) is 59.7 Å². The van der Waals surface area contributed by atoms with Gasteiger partial charge in [-0.05, 0) is 79.8 Å². The first-order valence-corrected chi connectivity index (χ1v) is 30.1. The van der Waals surface area contributed by atoms with Crippen molar-refractivity contribution < 1.29 is 97.8 Å². The molecule has 1 aliphatic rings. The summed E-state index contributed by atoms with van der Waals surface area (Å²) in [6, 6.07) is -4.47. The Hall–Kier alpha value is -9.15. The quantitative estimate of drug-likeness (QED) is 0.0279. The Morgan fingerprint density at radius 1 is 0.587 bits per heavy atom. The standard InChI is InChI=1S/C58H85N13O20S/c1-6-29(4)46(60)55(87)69-47(28(2)3)56(88)62-24-43(77)61-25-44(78)63-37(22-31-9-13-33(74)14-10-31)50(82)64-35(18-20-45(79)80)49(81)68-40(27-92)53(85)70-48(30(5)73)57(89)71-21-7-8-41(71)54(86)66-38(23-32-11-15-34(75)16-12-32)51(83)67-39(26-72)52(84)65-36(58(90)91)17-19-42(59)76/h9-16,28-30,35-41,46-48,72-75,92H,6-8,17-27,60H2,1-5H3,(H2,59,76)(H,61,77)(H,62,88)(H,63,78)(H,64,82)(H,65,84)(H,66,86)(H,67,83)(H,68,81)(H,69,87)(H,70,85)(H,79,80)(H,90,91)/t29-,30+,35-,36-,37-,38-,39-,40-,41-,46-,47-,48-/m0/s1. The van der Waals surface area contributed by atoms with Crippen LogP contribution in [0.25, 0.3) is 0 Å². The number of hydrogen-bond acceptors (Lipinski definition) is 20. The summed E-state index contributed by atoms with van der Waals surface area (Å²) in [5.41, 5.74) is 11.9. The number of primary amides is 1. The third-order valence-corrected chi connectivity index (χ3v) is 15.2. The van der Waals surface area contributed by atoms with E-state index in [1.807, 2.05) is 6.92 Å². The molecular formula is C58H85N13O20S. The molecule has 0 saturated carbocycles. The number of rotatable bonds is 38. The monoisotopic (exact) mass is 1320 g/mol. The average molecular weight is 1320 g/mol. The fourth-order valence-electron chi connectivity index (χ4n) is 9.17. The van der Waals surface area contributed by atoms with Crippen LogP contribution in [0.3, 0.4) is 0 Å². The lowest BCUT2D eigenvalue weighted by Gasteiger charge is -2.32. The topological polar surface area (TPSA) is 536 Å². The summed E-state index contributed by atoms with van der Waals surface area (Å²) in [4.78, 5) is 186. The summed E-state index contributed by atoms with van der Waals surface area (Å²) < 4.78 is 0. The lowest BCUT2D eigenvalue weighted by Crippen LogP contribution is -2.62. The highest BCUT2D eigenvalue weighted by Crippen LogP contribution is 2.21. The second kappa shape index (κ2) is 37.9. The predicted molar refractivity (Wildman–Crippen MR) is 328 cm³/mol. The Morgan fingerprint density at radius 2 is 1.07 bits per heavy atom. The summed E-state index contributed by atoms with van der Waals surface area (Å²) >= 11 is 4.18. The van der Waals surface area contributed by atoms with Gasteiger partial charge in [0.15, 0.2) is 0 Å². The van der Waals surface area contributed by atoms with Gasteiger partial charge in [0, 0.05) is 38.0 Å². The number of aliphatic carboxylic acids is 2. The largest absolute Gasteiger partial charge is 0.508 e. The van der Waals surface area contributed by atoms with E-state index < -0.39 is 206 Å². The number of carbonyl (C=O) groups is 14. The van der Waals surface area contributed by atoms with Gasteiger partial charge in [0.05, 0.1) is 31.8 Å². The number of carboxylic acids is 2. The molecule has 0 aromatic heterocycles. The minimum Gasteiger partial charge on any atom is -0.508 e. The summed E-state index contributed by atoms with van der Waals surface area (Å²) in [5.74, 6) is -15.9. The molecule has 508 valence electrons. The number of aromatic hydroxyl groups is 2. The fourth-order valence-corrected chi connectivity index (χ4v) is 9.42. The van der Waals surface area contributed by atoms with Crippen LogP contribution < -0.4 is 64.6 Å². The molecule has 0 aliphatic carbocycles. The summed E-state index contributed by atoms with van der Waals surface area (Å²) in [5, 5.41) is 83.7. The Kier molecular flexibility index (Phi) is 31.7. The maximum Gasteiger partial charge on any atom is 0.326 e. The number of aliphatic hydroxyl groups is 2. The van der Waals surface area contributed by atoms with Gasteiger partial charge in [0.2, 0.25) is 70.9 Å². The molecule has 92 heavy (non-hydrogen) atoms. The van der Waals surface area contributed by atoms with Gasteiger partial charge < -0.3 is 100 Å². The van der Waals surface area contributed by atoms with Gasteiger partial charge in [-0.15, -0.1) is 0 Å². The number of carbonyl (C=O) groups excluding carboxylic acids is 12. The van der Waals surface area contributed by atoms with Crippen LogP contribution in [0, 0.1) is 11.8 Å². The molecule has 0 unspecified atom stereocenters. The molecule has 1 heterocycles. The number of thiol groups is 1. The van der Waals surface area contributed by atoms with Crippen LogP contribution in [0.2, 0.25) is 0 Å². The Labute approximate surface area is 534 Å². The van der Waals surface area contributed by atoms with Crippen molar-refractivity contribution in [2.75, 3.05) is 32.0 Å². The van der Waals surface area contributed by atoms with Crippen LogP contribution in [-0.2, 0) is 80.0 Å². The Bertz CT molecular complexity index is 2940. The van der Waals surface area contributed by atoms with Crippen molar-refractivity contribution in [2.45, 2.75) is 159 Å². The number of nitrogens with two attached hydrogens (primary N) is 2. The van der Waals surface area contributed by atoms with Gasteiger partial charge in [0.25, 0.3) is 0 Å². The minimum atomic E-state index is -1.83. The number of nitrogens with one attached hydrogen (secondary N) is 10. The van der Waals surface area contributed by atoms with Crippen molar-refractivity contribution in [3.63, 3.8) is 0 Å². The van der Waals surface area contributed by atoms with E-state index >= 15 is 0 Å². The molecule has 1 aliphatic heterocycles. The second-order valence-corrected chi connectivity index (χ2v) is 22.7. The van der Waals surface area contributed by atoms with Crippen molar-refractivity contribution in [1.29, 1.82) is 0 Å². The first kappa shape index (κ1) is 77.1. The number of phenols is 2. The highest BCUT2D eigenvalue weighted by Gasteiger charge is 2.42. The molecule has 0 spiro atoms. The zero-order valence-electron chi connectivity index (χ0n) is 51.5. The van der Waals surface area contributed by atoms with Crippen molar-refractivity contribution in [2.24, 2.45) is 23.3 Å². The van der Waals surface area contributed by atoms with Gasteiger partial charge >= 0.3 is 11.9 Å². The molecule has 0 bridgehead atoms. The number of hydrogen-bond donors (Lipinski definition) is 19. The summed E-state index contributed by atoms with van der Waals surface area (Å²) in [6.07, 6.45) is -3.76. The van der Waals surface area contributed by atoms with Gasteiger partial charge in [-0.25, -0.2) is 4.79 Å². The summed E-state index contributed by atoms with van der Waals surface area (Å²) in [7, 11) is 0. The maximum absolute atomic E-state index is 14.3. The molecular weight excluding hydrogens is 1230 g/mol. The van der Waals surface area contributed by atoms with Gasteiger partial charge in [-0.2, -0.15) is 12.6 Å². The van der Waals surface area contributed by atoms with Crippen LogP contribution in [0.1, 0.15) is 90.7 Å². The number of carboxylic acid groups (broad SMARTS) is 2. The van der Waals surface area contributed by atoms with E-state index in [0.29, 0.717) is 17.5 Å². The average Bonchev–Trinajstić information content (AvgIpc) is 1.69. The van der Waals surface area contributed by atoms with Crippen LogP contribution in [0.4, 0.5) is 0 Å². The van der Waals surface area contributed by atoms with Gasteiger partial charge in [0.1, 0.15) is 65.9 Å². The molecule has 33 nitrogen and oxygen atoms in total. The zero-order valence-corrected chi connectivity index (χ0v) is 52.4. The van der Waals surface area contributed by atoms with Crippen LogP contribution in [-0.4, -0.2) is 217 Å². The van der Waals surface area contributed by atoms with E-state index in [2.05, 4.69) is 65.8 Å². The first-order chi connectivity index (χ1) is 43.3. The van der Waals surface area contributed by atoms with Crippen molar-refractivity contribution in [1.82, 2.24) is 58.1 Å². The molecule has 34 heteroatoms.